The van der Waals surface area contributed by atoms with Crippen LogP contribution in [0.4, 0.5) is 0 Å². The summed E-state index contributed by atoms with van der Waals surface area (Å²) >= 11 is 0. The van der Waals surface area contributed by atoms with Crippen molar-refractivity contribution in [2.24, 2.45) is 0 Å². The van der Waals surface area contributed by atoms with Gasteiger partial charge in [-0.25, -0.2) is 0 Å². The first-order chi connectivity index (χ1) is 8.65. The van der Waals surface area contributed by atoms with E-state index in [1.54, 1.807) is 37.4 Å². The SMILES string of the molecule is COc1ccc(C#N)cc1-c1ccc(O)c(C)c1. The summed E-state index contributed by atoms with van der Waals surface area (Å²) in [6.07, 6.45) is 0. The number of phenolic OH excluding ortho intramolecular Hbond substituents is 1. The van der Waals surface area contributed by atoms with Crippen molar-refractivity contribution < 1.29 is 9.84 Å². The van der Waals surface area contributed by atoms with Crippen molar-refractivity contribution in [3.63, 3.8) is 0 Å². The normalized spacial score (nSPS) is 9.83. The highest BCUT2D eigenvalue weighted by Gasteiger charge is 2.08. The van der Waals surface area contributed by atoms with Gasteiger partial charge >= 0.3 is 0 Å². The van der Waals surface area contributed by atoms with E-state index in [-0.39, 0.29) is 5.75 Å². The third-order valence-electron chi connectivity index (χ3n) is 2.84. The summed E-state index contributed by atoms with van der Waals surface area (Å²) in [6, 6.07) is 12.7. The summed E-state index contributed by atoms with van der Waals surface area (Å²) in [5.74, 6) is 0.966. The molecule has 0 aromatic heterocycles. The Bertz CT molecular complexity index is 627. The number of nitriles is 1. The molecule has 1 N–H and O–H groups in total. The van der Waals surface area contributed by atoms with Crippen molar-refractivity contribution in [2.45, 2.75) is 6.92 Å². The first-order valence-corrected chi connectivity index (χ1v) is 5.54. The summed E-state index contributed by atoms with van der Waals surface area (Å²) in [7, 11) is 1.60. The van der Waals surface area contributed by atoms with Crippen molar-refractivity contribution in [1.82, 2.24) is 0 Å². The first-order valence-electron chi connectivity index (χ1n) is 5.54. The minimum absolute atomic E-state index is 0.258. The number of aryl methyl sites for hydroxylation is 1. The lowest BCUT2D eigenvalue weighted by Gasteiger charge is -2.10. The zero-order valence-corrected chi connectivity index (χ0v) is 10.3. The molecule has 2 aromatic carbocycles. The molecule has 0 aliphatic rings. The number of methoxy groups -OCH3 is 1. The number of hydrogen-bond acceptors (Lipinski definition) is 3. The van der Waals surface area contributed by atoms with E-state index in [0.29, 0.717) is 11.3 Å². The molecule has 0 radical (unpaired) electrons. The van der Waals surface area contributed by atoms with Crippen LogP contribution in [0.3, 0.4) is 0 Å². The smallest absolute Gasteiger partial charge is 0.126 e. The summed E-state index contributed by atoms with van der Waals surface area (Å²) in [4.78, 5) is 0. The van der Waals surface area contributed by atoms with E-state index < -0.39 is 0 Å². The molecule has 0 amide bonds. The maximum absolute atomic E-state index is 9.53. The minimum Gasteiger partial charge on any atom is -0.508 e. The number of ether oxygens (including phenoxy) is 1. The van der Waals surface area contributed by atoms with Gasteiger partial charge in [0.2, 0.25) is 0 Å². The summed E-state index contributed by atoms with van der Waals surface area (Å²) in [6.45, 7) is 1.83. The molecular weight excluding hydrogens is 226 g/mol. The fourth-order valence-corrected chi connectivity index (χ4v) is 1.83. The second-order valence-corrected chi connectivity index (χ2v) is 4.03. The van der Waals surface area contributed by atoms with E-state index >= 15 is 0 Å². The molecule has 0 bridgehead atoms. The summed E-state index contributed by atoms with van der Waals surface area (Å²) in [5, 5.41) is 18.5. The average Bonchev–Trinajstić information content (AvgIpc) is 2.41. The van der Waals surface area contributed by atoms with Gasteiger partial charge in [-0.3, -0.25) is 0 Å². The van der Waals surface area contributed by atoms with E-state index in [9.17, 15) is 5.11 Å². The van der Waals surface area contributed by atoms with Crippen LogP contribution in [0.1, 0.15) is 11.1 Å². The quantitative estimate of drug-likeness (QED) is 0.875. The van der Waals surface area contributed by atoms with Gasteiger partial charge < -0.3 is 9.84 Å². The van der Waals surface area contributed by atoms with Gasteiger partial charge in [0.05, 0.1) is 18.7 Å². The van der Waals surface area contributed by atoms with Gasteiger partial charge in [-0.05, 0) is 48.4 Å². The fraction of sp³-hybridized carbons (Fsp3) is 0.133. The van der Waals surface area contributed by atoms with Crippen molar-refractivity contribution in [1.29, 1.82) is 5.26 Å². The van der Waals surface area contributed by atoms with Crippen molar-refractivity contribution in [2.75, 3.05) is 7.11 Å². The lowest BCUT2D eigenvalue weighted by atomic mass is 10.00. The molecule has 2 rings (SSSR count). The monoisotopic (exact) mass is 239 g/mol. The maximum Gasteiger partial charge on any atom is 0.126 e. The molecule has 0 fully saturated rings. The van der Waals surface area contributed by atoms with Crippen LogP contribution in [0.5, 0.6) is 11.5 Å². The zero-order chi connectivity index (χ0) is 13.1. The summed E-state index contributed by atoms with van der Waals surface area (Å²) < 4.78 is 5.30. The Hall–Kier alpha value is -2.47. The van der Waals surface area contributed by atoms with Crippen molar-refractivity contribution >= 4 is 0 Å². The Morgan fingerprint density at radius 2 is 1.94 bits per heavy atom. The van der Waals surface area contributed by atoms with Gasteiger partial charge in [-0.2, -0.15) is 5.26 Å². The van der Waals surface area contributed by atoms with E-state index in [2.05, 4.69) is 6.07 Å². The molecule has 0 saturated heterocycles. The lowest BCUT2D eigenvalue weighted by molar-refractivity contribution is 0.416. The molecule has 0 aliphatic carbocycles. The van der Waals surface area contributed by atoms with Crippen LogP contribution in [0, 0.1) is 18.3 Å². The molecule has 0 aliphatic heterocycles. The zero-order valence-electron chi connectivity index (χ0n) is 10.3. The van der Waals surface area contributed by atoms with Crippen LogP contribution >= 0.6 is 0 Å². The Labute approximate surface area is 106 Å². The van der Waals surface area contributed by atoms with E-state index in [4.69, 9.17) is 10.00 Å². The number of phenols is 1. The van der Waals surface area contributed by atoms with E-state index in [0.717, 1.165) is 16.7 Å². The standard InChI is InChI=1S/C15H13NO2/c1-10-7-12(4-5-14(10)17)13-8-11(9-16)3-6-15(13)18-2/h3-8,17H,1-2H3. The fourth-order valence-electron chi connectivity index (χ4n) is 1.83. The van der Waals surface area contributed by atoms with Crippen LogP contribution in [-0.2, 0) is 0 Å². The molecule has 0 saturated carbocycles. The predicted molar refractivity (Wildman–Crippen MR) is 69.5 cm³/mol. The largest absolute Gasteiger partial charge is 0.508 e. The average molecular weight is 239 g/mol. The minimum atomic E-state index is 0.258. The number of nitrogens with zero attached hydrogens (tertiary/aromatic N) is 1. The topological polar surface area (TPSA) is 53.2 Å². The van der Waals surface area contributed by atoms with Crippen molar-refractivity contribution in [3.05, 3.63) is 47.5 Å². The number of benzene rings is 2. The van der Waals surface area contributed by atoms with Gasteiger partial charge in [0.15, 0.2) is 0 Å². The van der Waals surface area contributed by atoms with E-state index in [1.807, 2.05) is 13.0 Å². The molecule has 0 atom stereocenters. The molecule has 3 nitrogen and oxygen atoms in total. The number of hydrogen-bond donors (Lipinski definition) is 1. The Kier molecular flexibility index (Phi) is 3.20. The Morgan fingerprint density at radius 3 is 2.56 bits per heavy atom. The van der Waals surface area contributed by atoms with Gasteiger partial charge in [0, 0.05) is 5.56 Å². The van der Waals surface area contributed by atoms with Crippen LogP contribution in [0.2, 0.25) is 0 Å². The molecular formula is C15H13NO2. The molecule has 18 heavy (non-hydrogen) atoms. The second-order valence-electron chi connectivity index (χ2n) is 4.03. The Morgan fingerprint density at radius 1 is 1.17 bits per heavy atom. The van der Waals surface area contributed by atoms with Gasteiger partial charge in [-0.15, -0.1) is 0 Å². The lowest BCUT2D eigenvalue weighted by Crippen LogP contribution is -1.89. The van der Waals surface area contributed by atoms with E-state index in [1.165, 1.54) is 0 Å². The molecule has 0 unspecified atom stereocenters. The Balaban J connectivity index is 2.61. The maximum atomic E-state index is 9.53. The molecule has 2 aromatic rings. The van der Waals surface area contributed by atoms with Gasteiger partial charge in [0.25, 0.3) is 0 Å². The van der Waals surface area contributed by atoms with Crippen LogP contribution < -0.4 is 4.74 Å². The third kappa shape index (κ3) is 2.14. The first kappa shape index (κ1) is 12.0. The second kappa shape index (κ2) is 4.80. The third-order valence-corrected chi connectivity index (χ3v) is 2.84. The van der Waals surface area contributed by atoms with Crippen LogP contribution in [-0.4, -0.2) is 12.2 Å². The number of aromatic hydroxyl groups is 1. The molecule has 0 spiro atoms. The summed E-state index contributed by atoms with van der Waals surface area (Å²) in [5.41, 5.74) is 3.13. The molecule has 0 heterocycles. The highest BCUT2D eigenvalue weighted by Crippen LogP contribution is 2.33. The molecule has 90 valence electrons. The molecule has 3 heteroatoms. The highest BCUT2D eigenvalue weighted by molar-refractivity contribution is 5.73. The van der Waals surface area contributed by atoms with Gasteiger partial charge in [-0.1, -0.05) is 6.07 Å². The number of rotatable bonds is 2. The van der Waals surface area contributed by atoms with Crippen LogP contribution in [0.15, 0.2) is 36.4 Å². The highest BCUT2D eigenvalue weighted by atomic mass is 16.5. The predicted octanol–water partition coefficient (Wildman–Crippen LogP) is 3.25. The van der Waals surface area contributed by atoms with Gasteiger partial charge in [0.1, 0.15) is 11.5 Å². The van der Waals surface area contributed by atoms with Crippen molar-refractivity contribution in [3.8, 4) is 28.7 Å². The van der Waals surface area contributed by atoms with Crippen LogP contribution in [0.25, 0.3) is 11.1 Å².